The molecule has 1 amide bonds. The molecule has 0 aromatic heterocycles. The van der Waals surface area contributed by atoms with Crippen LogP contribution >= 0.6 is 0 Å². The van der Waals surface area contributed by atoms with Crippen molar-refractivity contribution in [2.75, 3.05) is 6.61 Å². The molecule has 1 heterocycles. The number of carbonyl (C=O) groups is 2. The number of carbonyl (C=O) groups excluding carboxylic acids is 2. The second-order valence-electron chi connectivity index (χ2n) is 1.98. The van der Waals surface area contributed by atoms with Crippen molar-refractivity contribution in [2.45, 2.75) is 0 Å². The largest absolute Gasteiger partial charge is 0.483 e. The number of allylic oxidation sites excluding steroid dienone is 2. The molecule has 1 aliphatic rings. The molecule has 0 radical (unpaired) electrons. The van der Waals surface area contributed by atoms with E-state index in [1.54, 1.807) is 6.08 Å². The Morgan fingerprint density at radius 2 is 2.45 bits per heavy atom. The summed E-state index contributed by atoms with van der Waals surface area (Å²) in [7, 11) is 0. The maximum absolute atomic E-state index is 10.6. The van der Waals surface area contributed by atoms with E-state index >= 15 is 0 Å². The number of primary amides is 1. The van der Waals surface area contributed by atoms with Gasteiger partial charge in [0.25, 0.3) is 5.91 Å². The molecule has 0 saturated heterocycles. The maximum atomic E-state index is 10.6. The fourth-order valence-electron chi connectivity index (χ4n) is 0.772. The minimum atomic E-state index is -0.712. The molecule has 0 aromatic carbocycles. The van der Waals surface area contributed by atoms with Gasteiger partial charge in [0, 0.05) is 0 Å². The third kappa shape index (κ3) is 1.46. The molecule has 1 rings (SSSR count). The minimum absolute atomic E-state index is 0.0532. The molecular formula is C7H7NO3. The molecule has 0 fully saturated rings. The smallest absolute Gasteiger partial charge is 0.284 e. The average molecular weight is 153 g/mol. The van der Waals surface area contributed by atoms with Gasteiger partial charge in [-0.05, 0) is 12.2 Å². The zero-order valence-electron chi connectivity index (χ0n) is 5.74. The van der Waals surface area contributed by atoms with Gasteiger partial charge in [-0.3, -0.25) is 9.59 Å². The van der Waals surface area contributed by atoms with Gasteiger partial charge in [0.1, 0.15) is 6.61 Å². The predicted molar refractivity (Wildman–Crippen MR) is 37.4 cm³/mol. The third-order valence-corrected chi connectivity index (χ3v) is 1.23. The van der Waals surface area contributed by atoms with E-state index < -0.39 is 5.91 Å². The van der Waals surface area contributed by atoms with Gasteiger partial charge in [-0.25, -0.2) is 0 Å². The summed E-state index contributed by atoms with van der Waals surface area (Å²) in [6.07, 6.45) is 3.68. The molecule has 0 unspecified atom stereocenters. The number of hydrogen-bond acceptors (Lipinski definition) is 3. The molecule has 4 nitrogen and oxygen atoms in total. The number of amides is 1. The number of ether oxygens (including phenoxy) is 1. The Balaban J connectivity index is 3.00. The van der Waals surface area contributed by atoms with Crippen LogP contribution in [0.3, 0.4) is 0 Å². The Morgan fingerprint density at radius 3 is 2.91 bits per heavy atom. The Bertz CT molecular complexity index is 252. The monoisotopic (exact) mass is 153 g/mol. The van der Waals surface area contributed by atoms with E-state index in [9.17, 15) is 9.59 Å². The molecule has 0 atom stereocenters. The molecule has 0 saturated carbocycles. The van der Waals surface area contributed by atoms with Gasteiger partial charge in [0.15, 0.2) is 12.0 Å². The molecule has 58 valence electrons. The number of nitrogens with two attached hydrogens (primary N) is 1. The summed E-state index contributed by atoms with van der Waals surface area (Å²) in [5.41, 5.74) is 5.12. The molecule has 0 bridgehead atoms. The van der Waals surface area contributed by atoms with E-state index in [1.165, 1.54) is 6.08 Å². The van der Waals surface area contributed by atoms with Crippen LogP contribution in [0.5, 0.6) is 0 Å². The molecule has 0 aliphatic carbocycles. The van der Waals surface area contributed by atoms with Gasteiger partial charge in [-0.15, -0.1) is 0 Å². The first-order chi connectivity index (χ1) is 5.25. The number of aldehydes is 1. The van der Waals surface area contributed by atoms with E-state index in [0.717, 1.165) is 0 Å². The Morgan fingerprint density at radius 1 is 1.73 bits per heavy atom. The Kier molecular flexibility index (Phi) is 2.06. The lowest BCUT2D eigenvalue weighted by Gasteiger charge is -2.09. The highest BCUT2D eigenvalue weighted by atomic mass is 16.5. The number of rotatable bonds is 2. The van der Waals surface area contributed by atoms with Crippen LogP contribution in [0, 0.1) is 0 Å². The molecule has 0 spiro atoms. The van der Waals surface area contributed by atoms with Crippen molar-refractivity contribution in [1.29, 1.82) is 0 Å². The van der Waals surface area contributed by atoms with Crippen LogP contribution in [0.25, 0.3) is 0 Å². The molecule has 11 heavy (non-hydrogen) atoms. The topological polar surface area (TPSA) is 69.4 Å². The van der Waals surface area contributed by atoms with E-state index in [1.807, 2.05) is 0 Å². The number of hydrogen-bond donors (Lipinski definition) is 1. The normalized spacial score (nSPS) is 16.0. The van der Waals surface area contributed by atoms with Crippen LogP contribution in [-0.4, -0.2) is 18.8 Å². The highest BCUT2D eigenvalue weighted by Crippen LogP contribution is 2.09. The Hall–Kier alpha value is -1.58. The lowest BCUT2D eigenvalue weighted by atomic mass is 10.2. The van der Waals surface area contributed by atoms with Gasteiger partial charge in [0.2, 0.25) is 0 Å². The van der Waals surface area contributed by atoms with Crippen molar-refractivity contribution < 1.29 is 14.3 Å². The van der Waals surface area contributed by atoms with Crippen molar-refractivity contribution in [2.24, 2.45) is 5.73 Å². The quantitative estimate of drug-likeness (QED) is 0.544. The second kappa shape index (κ2) is 3.01. The predicted octanol–water partition coefficient (Wildman–Crippen LogP) is -0.489. The zero-order chi connectivity index (χ0) is 8.27. The fraction of sp³-hybridized carbons (Fsp3) is 0.143. The average Bonchev–Trinajstić information content (AvgIpc) is 2.04. The van der Waals surface area contributed by atoms with Crippen molar-refractivity contribution >= 4 is 12.2 Å². The van der Waals surface area contributed by atoms with Crippen LogP contribution in [0.1, 0.15) is 0 Å². The van der Waals surface area contributed by atoms with Gasteiger partial charge >= 0.3 is 0 Å². The molecule has 4 heteroatoms. The van der Waals surface area contributed by atoms with Crippen molar-refractivity contribution in [1.82, 2.24) is 0 Å². The van der Waals surface area contributed by atoms with E-state index in [4.69, 9.17) is 10.5 Å². The molecule has 1 aliphatic heterocycles. The van der Waals surface area contributed by atoms with Gasteiger partial charge in [0.05, 0.1) is 5.57 Å². The van der Waals surface area contributed by atoms with E-state index in [2.05, 4.69) is 0 Å². The summed E-state index contributed by atoms with van der Waals surface area (Å²) in [5, 5.41) is 0. The fourth-order valence-corrected chi connectivity index (χ4v) is 0.772. The van der Waals surface area contributed by atoms with Gasteiger partial charge in [-0.1, -0.05) is 0 Å². The van der Waals surface area contributed by atoms with Crippen molar-refractivity contribution in [3.63, 3.8) is 0 Å². The SMILES string of the molecule is NC(=O)C1=C(C=O)C=CCO1. The Labute approximate surface area is 63.3 Å². The minimum Gasteiger partial charge on any atom is -0.483 e. The first-order valence-corrected chi connectivity index (χ1v) is 3.04. The summed E-state index contributed by atoms with van der Waals surface area (Å²) in [6, 6.07) is 0. The van der Waals surface area contributed by atoms with Gasteiger partial charge < -0.3 is 10.5 Å². The summed E-state index contributed by atoms with van der Waals surface area (Å²) in [6.45, 7) is 0.287. The van der Waals surface area contributed by atoms with Crippen LogP contribution < -0.4 is 5.73 Å². The van der Waals surface area contributed by atoms with Gasteiger partial charge in [-0.2, -0.15) is 0 Å². The highest BCUT2D eigenvalue weighted by Gasteiger charge is 2.13. The summed E-state index contributed by atoms with van der Waals surface area (Å²) in [4.78, 5) is 20.8. The summed E-state index contributed by atoms with van der Waals surface area (Å²) >= 11 is 0. The first-order valence-electron chi connectivity index (χ1n) is 3.04. The molecule has 0 aromatic rings. The third-order valence-electron chi connectivity index (χ3n) is 1.23. The van der Waals surface area contributed by atoms with Crippen LogP contribution in [0.15, 0.2) is 23.5 Å². The lowest BCUT2D eigenvalue weighted by Crippen LogP contribution is -2.20. The lowest BCUT2D eigenvalue weighted by molar-refractivity contribution is -0.118. The summed E-state index contributed by atoms with van der Waals surface area (Å²) in [5.74, 6) is -0.765. The van der Waals surface area contributed by atoms with Crippen LogP contribution in [-0.2, 0) is 14.3 Å². The highest BCUT2D eigenvalue weighted by molar-refractivity contribution is 5.97. The molecule has 2 N–H and O–H groups in total. The van der Waals surface area contributed by atoms with Crippen LogP contribution in [0.4, 0.5) is 0 Å². The van der Waals surface area contributed by atoms with Crippen molar-refractivity contribution in [3.05, 3.63) is 23.5 Å². The van der Waals surface area contributed by atoms with E-state index in [0.29, 0.717) is 6.29 Å². The standard InChI is InChI=1S/C7H7NO3/c8-7(10)6-5(4-9)2-1-3-11-6/h1-2,4H,3H2,(H2,8,10). The first kappa shape index (κ1) is 7.53. The maximum Gasteiger partial charge on any atom is 0.284 e. The van der Waals surface area contributed by atoms with E-state index in [-0.39, 0.29) is 17.9 Å². The molecular weight excluding hydrogens is 146 g/mol. The van der Waals surface area contributed by atoms with Crippen LogP contribution in [0.2, 0.25) is 0 Å². The second-order valence-corrected chi connectivity index (χ2v) is 1.98. The summed E-state index contributed by atoms with van der Waals surface area (Å²) < 4.78 is 4.83. The zero-order valence-corrected chi connectivity index (χ0v) is 5.74. The van der Waals surface area contributed by atoms with Crippen molar-refractivity contribution in [3.8, 4) is 0 Å².